The fourth-order valence-electron chi connectivity index (χ4n) is 3.32. The van der Waals surface area contributed by atoms with E-state index in [9.17, 15) is 0 Å². The molecule has 4 nitrogen and oxygen atoms in total. The average molecular weight is 291 g/mol. The average Bonchev–Trinajstić information content (AvgIpc) is 2.63. The predicted molar refractivity (Wildman–Crippen MR) is 81.9 cm³/mol. The second kappa shape index (κ2) is 5.18. The maximum atomic E-state index is 6.12. The lowest BCUT2D eigenvalue weighted by Gasteiger charge is -2.28. The molecule has 116 valence electrons. The van der Waals surface area contributed by atoms with Crippen molar-refractivity contribution in [1.82, 2.24) is 5.32 Å². The maximum absolute atomic E-state index is 6.12. The Kier molecular flexibility index (Phi) is 3.62. The van der Waals surface area contributed by atoms with E-state index in [0.29, 0.717) is 19.3 Å². The number of ether oxygens (including phenoxy) is 3. The van der Waals surface area contributed by atoms with E-state index in [1.54, 1.807) is 0 Å². The fraction of sp³-hybridized carbons (Fsp3) is 0.647. The van der Waals surface area contributed by atoms with Gasteiger partial charge in [-0.1, -0.05) is 6.07 Å². The van der Waals surface area contributed by atoms with Gasteiger partial charge in [0.2, 0.25) is 0 Å². The van der Waals surface area contributed by atoms with Gasteiger partial charge < -0.3 is 19.5 Å². The Labute approximate surface area is 126 Å². The molecule has 0 bridgehead atoms. The summed E-state index contributed by atoms with van der Waals surface area (Å²) in [6.07, 6.45) is 1.02. The molecule has 1 N–H and O–H groups in total. The van der Waals surface area contributed by atoms with Crippen molar-refractivity contribution in [3.05, 3.63) is 23.8 Å². The van der Waals surface area contributed by atoms with Gasteiger partial charge >= 0.3 is 0 Å². The highest BCUT2D eigenvalue weighted by atomic mass is 16.6. The van der Waals surface area contributed by atoms with Gasteiger partial charge in [-0.15, -0.1) is 0 Å². The molecule has 1 atom stereocenters. The van der Waals surface area contributed by atoms with Crippen molar-refractivity contribution < 1.29 is 14.2 Å². The number of benzene rings is 1. The van der Waals surface area contributed by atoms with Crippen molar-refractivity contribution in [2.75, 3.05) is 13.2 Å². The lowest BCUT2D eigenvalue weighted by Crippen LogP contribution is -2.42. The lowest BCUT2D eigenvalue weighted by atomic mass is 9.94. The van der Waals surface area contributed by atoms with E-state index < -0.39 is 0 Å². The van der Waals surface area contributed by atoms with E-state index in [1.165, 1.54) is 5.56 Å². The normalized spacial score (nSPS) is 25.8. The molecular formula is C17H25NO3. The SMILES string of the molecule is CC1(C)CC(NCc2ccc3c(c2)OCCO3)C(C)(C)O1. The molecule has 0 radical (unpaired) electrons. The van der Waals surface area contributed by atoms with Crippen LogP contribution >= 0.6 is 0 Å². The number of rotatable bonds is 3. The predicted octanol–water partition coefficient (Wildman–Crippen LogP) is 2.89. The Morgan fingerprint density at radius 1 is 1.10 bits per heavy atom. The van der Waals surface area contributed by atoms with Crippen LogP contribution in [-0.4, -0.2) is 30.5 Å². The van der Waals surface area contributed by atoms with Gasteiger partial charge in [0.15, 0.2) is 11.5 Å². The van der Waals surface area contributed by atoms with E-state index in [4.69, 9.17) is 14.2 Å². The van der Waals surface area contributed by atoms with Gasteiger partial charge in [0, 0.05) is 12.6 Å². The van der Waals surface area contributed by atoms with Crippen molar-refractivity contribution in [2.24, 2.45) is 0 Å². The van der Waals surface area contributed by atoms with Crippen LogP contribution in [0, 0.1) is 0 Å². The summed E-state index contributed by atoms with van der Waals surface area (Å²) >= 11 is 0. The van der Waals surface area contributed by atoms with Gasteiger partial charge in [0.1, 0.15) is 13.2 Å². The molecule has 0 aromatic heterocycles. The summed E-state index contributed by atoms with van der Waals surface area (Å²) in [5.74, 6) is 1.69. The molecular weight excluding hydrogens is 266 g/mol. The zero-order valence-electron chi connectivity index (χ0n) is 13.4. The molecule has 1 unspecified atom stereocenters. The Balaban J connectivity index is 1.65. The largest absolute Gasteiger partial charge is 0.486 e. The van der Waals surface area contributed by atoms with Gasteiger partial charge in [-0.05, 0) is 51.8 Å². The van der Waals surface area contributed by atoms with Gasteiger partial charge in [0.25, 0.3) is 0 Å². The Morgan fingerprint density at radius 2 is 1.81 bits per heavy atom. The van der Waals surface area contributed by atoms with E-state index in [1.807, 2.05) is 6.07 Å². The Morgan fingerprint density at radius 3 is 2.48 bits per heavy atom. The van der Waals surface area contributed by atoms with E-state index in [-0.39, 0.29) is 11.2 Å². The zero-order valence-corrected chi connectivity index (χ0v) is 13.4. The highest BCUT2D eigenvalue weighted by Gasteiger charge is 2.45. The van der Waals surface area contributed by atoms with Crippen molar-refractivity contribution in [3.8, 4) is 11.5 Å². The van der Waals surface area contributed by atoms with Gasteiger partial charge in [0.05, 0.1) is 11.2 Å². The first-order valence-corrected chi connectivity index (χ1v) is 7.68. The molecule has 2 aliphatic heterocycles. The third-order valence-corrected chi connectivity index (χ3v) is 4.23. The summed E-state index contributed by atoms with van der Waals surface area (Å²) in [6, 6.07) is 6.50. The molecule has 4 heteroatoms. The third-order valence-electron chi connectivity index (χ3n) is 4.23. The lowest BCUT2D eigenvalue weighted by molar-refractivity contribution is -0.0699. The van der Waals surface area contributed by atoms with Crippen molar-refractivity contribution in [3.63, 3.8) is 0 Å². The van der Waals surface area contributed by atoms with Crippen molar-refractivity contribution in [1.29, 1.82) is 0 Å². The second-order valence-electron chi connectivity index (χ2n) is 7.08. The topological polar surface area (TPSA) is 39.7 Å². The first-order chi connectivity index (χ1) is 9.86. The molecule has 1 aromatic rings. The standard InChI is InChI=1S/C17H25NO3/c1-16(2)10-15(17(3,4)21-16)18-11-12-5-6-13-14(9-12)20-8-7-19-13/h5-6,9,15,18H,7-8,10-11H2,1-4H3. The quantitative estimate of drug-likeness (QED) is 0.929. The van der Waals surface area contributed by atoms with Crippen LogP contribution in [0.4, 0.5) is 0 Å². The molecule has 0 amide bonds. The second-order valence-corrected chi connectivity index (χ2v) is 7.08. The minimum absolute atomic E-state index is 0.0615. The molecule has 1 fully saturated rings. The Hall–Kier alpha value is -1.26. The third kappa shape index (κ3) is 3.16. The molecule has 1 aromatic carbocycles. The summed E-state index contributed by atoms with van der Waals surface area (Å²) in [6.45, 7) is 10.7. The minimum Gasteiger partial charge on any atom is -0.486 e. The molecule has 3 rings (SSSR count). The van der Waals surface area contributed by atoms with E-state index >= 15 is 0 Å². The van der Waals surface area contributed by atoms with Crippen LogP contribution in [0.15, 0.2) is 18.2 Å². The van der Waals surface area contributed by atoms with Crippen LogP contribution in [-0.2, 0) is 11.3 Å². The Bertz CT molecular complexity index is 525. The van der Waals surface area contributed by atoms with Crippen molar-refractivity contribution in [2.45, 2.75) is 57.9 Å². The van der Waals surface area contributed by atoms with Crippen LogP contribution in [0.25, 0.3) is 0 Å². The summed E-state index contributed by atoms with van der Waals surface area (Å²) in [5.41, 5.74) is 1.01. The van der Waals surface area contributed by atoms with E-state index in [2.05, 4.69) is 45.1 Å². The fourth-order valence-corrected chi connectivity index (χ4v) is 3.32. The van der Waals surface area contributed by atoms with Crippen LogP contribution in [0.1, 0.15) is 39.7 Å². The first kappa shape index (κ1) is 14.7. The molecule has 2 aliphatic rings. The number of fused-ring (bicyclic) bond motifs is 1. The first-order valence-electron chi connectivity index (χ1n) is 7.68. The maximum Gasteiger partial charge on any atom is 0.161 e. The van der Waals surface area contributed by atoms with Gasteiger partial charge in [-0.2, -0.15) is 0 Å². The van der Waals surface area contributed by atoms with Crippen LogP contribution in [0.2, 0.25) is 0 Å². The molecule has 21 heavy (non-hydrogen) atoms. The highest BCUT2D eigenvalue weighted by molar-refractivity contribution is 5.43. The molecule has 0 spiro atoms. The number of hydrogen-bond acceptors (Lipinski definition) is 4. The summed E-state index contributed by atoms with van der Waals surface area (Å²) in [4.78, 5) is 0. The molecule has 2 heterocycles. The van der Waals surface area contributed by atoms with E-state index in [0.717, 1.165) is 24.5 Å². The number of hydrogen-bond donors (Lipinski definition) is 1. The smallest absolute Gasteiger partial charge is 0.161 e. The summed E-state index contributed by atoms with van der Waals surface area (Å²) in [7, 11) is 0. The number of nitrogens with one attached hydrogen (secondary N) is 1. The molecule has 0 saturated carbocycles. The highest BCUT2D eigenvalue weighted by Crippen LogP contribution is 2.37. The summed E-state index contributed by atoms with van der Waals surface area (Å²) < 4.78 is 17.3. The van der Waals surface area contributed by atoms with Gasteiger partial charge in [-0.25, -0.2) is 0 Å². The molecule has 0 aliphatic carbocycles. The zero-order chi connectivity index (χ0) is 15.1. The minimum atomic E-state index is -0.142. The molecule has 1 saturated heterocycles. The summed E-state index contributed by atoms with van der Waals surface area (Å²) in [5, 5.41) is 3.63. The van der Waals surface area contributed by atoms with Crippen LogP contribution in [0.5, 0.6) is 11.5 Å². The van der Waals surface area contributed by atoms with Gasteiger partial charge in [-0.3, -0.25) is 0 Å². The van der Waals surface area contributed by atoms with Crippen molar-refractivity contribution >= 4 is 0 Å². The monoisotopic (exact) mass is 291 g/mol. The van der Waals surface area contributed by atoms with Crippen LogP contribution < -0.4 is 14.8 Å². The van der Waals surface area contributed by atoms with Crippen LogP contribution in [0.3, 0.4) is 0 Å².